The maximum absolute atomic E-state index is 5.51. The van der Waals surface area contributed by atoms with Crippen LogP contribution in [0.25, 0.3) is 11.2 Å². The average Bonchev–Trinajstić information content (AvgIpc) is 2.97. The smallest absolute Gasteiger partial charge is 0.224 e. The monoisotopic (exact) mass is 219 g/mol. The summed E-state index contributed by atoms with van der Waals surface area (Å²) in [5, 5.41) is 3.17. The lowest BCUT2D eigenvalue weighted by atomic mass is 10.2. The highest BCUT2D eigenvalue weighted by Gasteiger charge is 2.15. The summed E-state index contributed by atoms with van der Waals surface area (Å²) in [6.45, 7) is 1.63. The number of hydrogen-bond acceptors (Lipinski definition) is 5. The van der Waals surface area contributed by atoms with E-state index in [9.17, 15) is 0 Å². The Morgan fingerprint density at radius 3 is 3.38 bits per heavy atom. The Morgan fingerprint density at radius 1 is 1.50 bits per heavy atom. The number of fused-ring (bicyclic) bond motifs is 1. The van der Waals surface area contributed by atoms with E-state index in [1.54, 1.807) is 12.5 Å². The first-order chi connectivity index (χ1) is 7.92. The number of aromatic amines is 1. The van der Waals surface area contributed by atoms with Crippen molar-refractivity contribution in [3.8, 4) is 0 Å². The third-order valence-corrected chi connectivity index (χ3v) is 2.69. The zero-order chi connectivity index (χ0) is 10.8. The molecule has 2 N–H and O–H groups in total. The summed E-state index contributed by atoms with van der Waals surface area (Å²) in [6.07, 6.45) is 5.89. The van der Waals surface area contributed by atoms with Crippen LogP contribution in [-0.2, 0) is 4.74 Å². The molecule has 1 atom stereocenters. The molecule has 0 amide bonds. The first-order valence-corrected chi connectivity index (χ1v) is 5.43. The predicted octanol–water partition coefficient (Wildman–Crippen LogP) is 0.944. The minimum atomic E-state index is 0.290. The molecule has 3 heterocycles. The van der Waals surface area contributed by atoms with Gasteiger partial charge in [0.05, 0.1) is 18.6 Å². The normalized spacial score (nSPS) is 20.4. The zero-order valence-electron chi connectivity index (χ0n) is 8.81. The third kappa shape index (κ3) is 1.83. The lowest BCUT2D eigenvalue weighted by molar-refractivity contribution is 0.120. The largest absolute Gasteiger partial charge is 0.376 e. The van der Waals surface area contributed by atoms with E-state index in [2.05, 4.69) is 25.3 Å². The van der Waals surface area contributed by atoms with Crippen LogP contribution in [0.4, 0.5) is 5.95 Å². The minimum absolute atomic E-state index is 0.290. The van der Waals surface area contributed by atoms with Crippen molar-refractivity contribution >= 4 is 17.1 Å². The lowest BCUT2D eigenvalue weighted by Gasteiger charge is -2.09. The molecule has 16 heavy (non-hydrogen) atoms. The molecule has 2 aromatic rings. The molecular weight excluding hydrogens is 206 g/mol. The number of anilines is 1. The van der Waals surface area contributed by atoms with E-state index < -0.39 is 0 Å². The Kier molecular flexibility index (Phi) is 2.41. The van der Waals surface area contributed by atoms with Gasteiger partial charge >= 0.3 is 0 Å². The number of ether oxygens (including phenoxy) is 1. The van der Waals surface area contributed by atoms with Gasteiger partial charge in [-0.1, -0.05) is 0 Å². The highest BCUT2D eigenvalue weighted by atomic mass is 16.5. The number of H-pyrrole nitrogens is 1. The van der Waals surface area contributed by atoms with Gasteiger partial charge in [-0.3, -0.25) is 0 Å². The van der Waals surface area contributed by atoms with Crippen LogP contribution in [0.2, 0.25) is 0 Å². The topological polar surface area (TPSA) is 75.7 Å². The molecule has 0 saturated carbocycles. The fourth-order valence-corrected chi connectivity index (χ4v) is 1.83. The SMILES string of the molecule is c1nc2nc(NCC3CCCO3)ncc2[nH]1. The van der Waals surface area contributed by atoms with Crippen molar-refractivity contribution in [3.63, 3.8) is 0 Å². The molecule has 0 spiro atoms. The fraction of sp³-hybridized carbons (Fsp3) is 0.500. The number of nitrogens with one attached hydrogen (secondary N) is 2. The number of aromatic nitrogens is 4. The van der Waals surface area contributed by atoms with Gasteiger partial charge in [0, 0.05) is 13.2 Å². The molecule has 1 aliphatic rings. The van der Waals surface area contributed by atoms with Crippen LogP contribution in [0.3, 0.4) is 0 Å². The van der Waals surface area contributed by atoms with Gasteiger partial charge in [-0.2, -0.15) is 4.98 Å². The van der Waals surface area contributed by atoms with Gasteiger partial charge in [0.2, 0.25) is 5.95 Å². The molecule has 2 aromatic heterocycles. The molecule has 0 bridgehead atoms. The standard InChI is InChI=1S/C10H13N5O/c1-2-7(16-3-1)4-11-10-12-5-8-9(15-10)14-6-13-8/h5-7H,1-4H2,(H2,11,12,13,14,15). The van der Waals surface area contributed by atoms with Crippen LogP contribution in [0.15, 0.2) is 12.5 Å². The molecule has 0 radical (unpaired) electrons. The van der Waals surface area contributed by atoms with E-state index in [-0.39, 0.29) is 0 Å². The molecule has 0 aliphatic carbocycles. The summed E-state index contributed by atoms with van der Waals surface area (Å²) in [6, 6.07) is 0. The molecule has 6 heteroatoms. The Morgan fingerprint density at radius 2 is 2.50 bits per heavy atom. The second kappa shape index (κ2) is 4.05. The van der Waals surface area contributed by atoms with Gasteiger partial charge < -0.3 is 15.0 Å². The molecule has 1 saturated heterocycles. The maximum Gasteiger partial charge on any atom is 0.224 e. The number of nitrogens with zero attached hydrogens (tertiary/aromatic N) is 3. The van der Waals surface area contributed by atoms with E-state index in [1.807, 2.05) is 0 Å². The Labute approximate surface area is 92.5 Å². The second-order valence-electron chi connectivity index (χ2n) is 3.85. The van der Waals surface area contributed by atoms with Crippen LogP contribution in [0, 0.1) is 0 Å². The van der Waals surface area contributed by atoms with Crippen molar-refractivity contribution in [2.24, 2.45) is 0 Å². The molecular formula is C10H13N5O. The maximum atomic E-state index is 5.51. The highest BCUT2D eigenvalue weighted by molar-refractivity contribution is 5.69. The van der Waals surface area contributed by atoms with E-state index >= 15 is 0 Å². The molecule has 84 valence electrons. The minimum Gasteiger partial charge on any atom is -0.376 e. The first-order valence-electron chi connectivity index (χ1n) is 5.43. The molecule has 1 unspecified atom stereocenters. The summed E-state index contributed by atoms with van der Waals surface area (Å²) in [5.74, 6) is 0.607. The van der Waals surface area contributed by atoms with Crippen LogP contribution >= 0.6 is 0 Å². The third-order valence-electron chi connectivity index (χ3n) is 2.69. The van der Waals surface area contributed by atoms with Crippen molar-refractivity contribution in [2.75, 3.05) is 18.5 Å². The molecule has 3 rings (SSSR count). The summed E-state index contributed by atoms with van der Waals surface area (Å²) in [4.78, 5) is 15.5. The molecule has 1 fully saturated rings. The zero-order valence-corrected chi connectivity index (χ0v) is 8.81. The lowest BCUT2D eigenvalue weighted by Crippen LogP contribution is -2.19. The van der Waals surface area contributed by atoms with Crippen LogP contribution < -0.4 is 5.32 Å². The van der Waals surface area contributed by atoms with Gasteiger partial charge in [-0.15, -0.1) is 0 Å². The number of hydrogen-bond donors (Lipinski definition) is 2. The molecule has 1 aliphatic heterocycles. The van der Waals surface area contributed by atoms with Crippen molar-refractivity contribution < 1.29 is 4.74 Å². The summed E-state index contributed by atoms with van der Waals surface area (Å²) in [7, 11) is 0. The van der Waals surface area contributed by atoms with Gasteiger partial charge in [0.25, 0.3) is 0 Å². The second-order valence-corrected chi connectivity index (χ2v) is 3.85. The number of imidazole rings is 1. The highest BCUT2D eigenvalue weighted by Crippen LogP contribution is 2.13. The summed E-state index contributed by atoms with van der Waals surface area (Å²) in [5.41, 5.74) is 1.53. The van der Waals surface area contributed by atoms with Gasteiger partial charge in [0.1, 0.15) is 5.52 Å². The molecule has 6 nitrogen and oxygen atoms in total. The van der Waals surface area contributed by atoms with Gasteiger partial charge in [-0.05, 0) is 12.8 Å². The van der Waals surface area contributed by atoms with E-state index in [0.29, 0.717) is 17.7 Å². The van der Waals surface area contributed by atoms with Gasteiger partial charge in [0.15, 0.2) is 5.65 Å². The van der Waals surface area contributed by atoms with Gasteiger partial charge in [-0.25, -0.2) is 9.97 Å². The molecule has 0 aromatic carbocycles. The van der Waals surface area contributed by atoms with E-state index in [4.69, 9.17) is 4.74 Å². The average molecular weight is 219 g/mol. The van der Waals surface area contributed by atoms with Crippen molar-refractivity contribution in [3.05, 3.63) is 12.5 Å². The van der Waals surface area contributed by atoms with E-state index in [1.165, 1.54) is 0 Å². The van der Waals surface area contributed by atoms with Crippen LogP contribution in [-0.4, -0.2) is 39.2 Å². The Hall–Kier alpha value is -1.69. The fourth-order valence-electron chi connectivity index (χ4n) is 1.83. The van der Waals surface area contributed by atoms with Crippen molar-refractivity contribution in [1.82, 2.24) is 19.9 Å². The summed E-state index contributed by atoms with van der Waals surface area (Å²) < 4.78 is 5.51. The Balaban J connectivity index is 1.68. The summed E-state index contributed by atoms with van der Waals surface area (Å²) >= 11 is 0. The first kappa shape index (κ1) is 9.53. The number of rotatable bonds is 3. The van der Waals surface area contributed by atoms with Crippen molar-refractivity contribution in [1.29, 1.82) is 0 Å². The predicted molar refractivity (Wildman–Crippen MR) is 59.1 cm³/mol. The quantitative estimate of drug-likeness (QED) is 0.803. The van der Waals surface area contributed by atoms with E-state index in [0.717, 1.165) is 31.5 Å². The van der Waals surface area contributed by atoms with Crippen LogP contribution in [0.5, 0.6) is 0 Å². The van der Waals surface area contributed by atoms with Crippen molar-refractivity contribution in [2.45, 2.75) is 18.9 Å². The Bertz CT molecular complexity index is 477. The van der Waals surface area contributed by atoms with Crippen LogP contribution in [0.1, 0.15) is 12.8 Å².